The fourth-order valence-electron chi connectivity index (χ4n) is 2.41. The fraction of sp³-hybridized carbons (Fsp3) is 0.571. The largest absolute Gasteiger partial charge is 0.493 e. The summed E-state index contributed by atoms with van der Waals surface area (Å²) in [5.74, 6) is 1.21. The van der Waals surface area contributed by atoms with Gasteiger partial charge < -0.3 is 14.8 Å². The summed E-state index contributed by atoms with van der Waals surface area (Å²) in [5.41, 5.74) is 0.694. The smallest absolute Gasteiger partial charge is 0.387 e. The molecule has 106 valence electrons. The molecule has 0 bridgehead atoms. The van der Waals surface area contributed by atoms with Gasteiger partial charge in [0.25, 0.3) is 0 Å². The molecule has 19 heavy (non-hydrogen) atoms. The van der Waals surface area contributed by atoms with Crippen molar-refractivity contribution in [2.45, 2.75) is 39.0 Å². The van der Waals surface area contributed by atoms with Crippen molar-refractivity contribution in [2.75, 3.05) is 7.11 Å². The monoisotopic (exact) mass is 271 g/mol. The third kappa shape index (κ3) is 3.56. The van der Waals surface area contributed by atoms with Gasteiger partial charge in [-0.25, -0.2) is 0 Å². The summed E-state index contributed by atoms with van der Waals surface area (Å²) >= 11 is 0. The van der Waals surface area contributed by atoms with E-state index in [-0.39, 0.29) is 5.75 Å². The van der Waals surface area contributed by atoms with Crippen LogP contribution < -0.4 is 14.8 Å². The van der Waals surface area contributed by atoms with E-state index in [0.717, 1.165) is 18.8 Å². The third-order valence-electron chi connectivity index (χ3n) is 3.44. The Kier molecular flexibility index (Phi) is 4.58. The SMILES string of the molecule is COc1cccc(CNC2CC(C)C2)c1OC(F)F. The molecule has 3 nitrogen and oxygen atoms in total. The zero-order valence-corrected chi connectivity index (χ0v) is 11.2. The molecule has 1 fully saturated rings. The van der Waals surface area contributed by atoms with Crippen LogP contribution in [0.4, 0.5) is 8.78 Å². The van der Waals surface area contributed by atoms with Crippen LogP contribution in [-0.2, 0) is 6.54 Å². The summed E-state index contributed by atoms with van der Waals surface area (Å²) in [4.78, 5) is 0. The first-order valence-corrected chi connectivity index (χ1v) is 6.44. The number of rotatable bonds is 6. The van der Waals surface area contributed by atoms with Crippen LogP contribution in [-0.4, -0.2) is 19.8 Å². The van der Waals surface area contributed by atoms with Gasteiger partial charge in [-0.1, -0.05) is 19.1 Å². The molecule has 0 amide bonds. The van der Waals surface area contributed by atoms with E-state index >= 15 is 0 Å². The zero-order valence-electron chi connectivity index (χ0n) is 11.2. The lowest BCUT2D eigenvalue weighted by Crippen LogP contribution is -2.39. The van der Waals surface area contributed by atoms with E-state index < -0.39 is 6.61 Å². The van der Waals surface area contributed by atoms with Crippen LogP contribution >= 0.6 is 0 Å². The summed E-state index contributed by atoms with van der Waals surface area (Å²) in [6.45, 7) is -0.134. The number of hydrogen-bond donors (Lipinski definition) is 1. The van der Waals surface area contributed by atoms with E-state index in [1.54, 1.807) is 18.2 Å². The van der Waals surface area contributed by atoms with Crippen LogP contribution in [0.1, 0.15) is 25.3 Å². The van der Waals surface area contributed by atoms with Gasteiger partial charge in [-0.2, -0.15) is 8.78 Å². The summed E-state index contributed by atoms with van der Waals surface area (Å²) in [6, 6.07) is 5.64. The standard InChI is InChI=1S/C14H19F2NO2/c1-9-6-11(7-9)17-8-10-4-3-5-12(18-2)13(10)19-14(15)16/h3-5,9,11,14,17H,6-8H2,1-2H3. The lowest BCUT2D eigenvalue weighted by atomic mass is 9.82. The van der Waals surface area contributed by atoms with Gasteiger partial charge in [0.1, 0.15) is 0 Å². The molecule has 0 aliphatic heterocycles. The van der Waals surface area contributed by atoms with Crippen LogP contribution in [0.15, 0.2) is 18.2 Å². The Hall–Kier alpha value is -1.36. The second-order valence-electron chi connectivity index (χ2n) is 4.98. The number of halogens is 2. The molecule has 0 spiro atoms. The number of methoxy groups -OCH3 is 1. The Balaban J connectivity index is 2.05. The Morgan fingerprint density at radius 3 is 2.68 bits per heavy atom. The van der Waals surface area contributed by atoms with Crippen LogP contribution in [0.3, 0.4) is 0 Å². The molecule has 1 N–H and O–H groups in total. The van der Waals surface area contributed by atoms with E-state index in [4.69, 9.17) is 4.74 Å². The molecule has 5 heteroatoms. The number of benzene rings is 1. The zero-order chi connectivity index (χ0) is 13.8. The predicted octanol–water partition coefficient (Wildman–Crippen LogP) is 3.18. The lowest BCUT2D eigenvalue weighted by molar-refractivity contribution is -0.0519. The molecule has 1 aliphatic carbocycles. The number of nitrogens with one attached hydrogen (secondary N) is 1. The van der Waals surface area contributed by atoms with E-state index in [2.05, 4.69) is 17.0 Å². The second kappa shape index (κ2) is 6.19. The van der Waals surface area contributed by atoms with Gasteiger partial charge in [-0.15, -0.1) is 0 Å². The van der Waals surface area contributed by atoms with Crippen LogP contribution in [0.25, 0.3) is 0 Å². The summed E-state index contributed by atoms with van der Waals surface area (Å²) in [5, 5.41) is 3.35. The summed E-state index contributed by atoms with van der Waals surface area (Å²) < 4.78 is 34.5. The number of hydrogen-bond acceptors (Lipinski definition) is 3. The van der Waals surface area contributed by atoms with E-state index in [1.165, 1.54) is 7.11 Å². The van der Waals surface area contributed by atoms with Gasteiger partial charge in [0.2, 0.25) is 0 Å². The molecule has 0 radical (unpaired) electrons. The number of para-hydroxylation sites is 1. The van der Waals surface area contributed by atoms with Crippen molar-refractivity contribution in [3.05, 3.63) is 23.8 Å². The van der Waals surface area contributed by atoms with Crippen molar-refractivity contribution in [2.24, 2.45) is 5.92 Å². The van der Waals surface area contributed by atoms with Crippen molar-refractivity contribution in [1.29, 1.82) is 0 Å². The van der Waals surface area contributed by atoms with Crippen LogP contribution in [0, 0.1) is 5.92 Å². The van der Waals surface area contributed by atoms with Crippen molar-refractivity contribution in [3.8, 4) is 11.5 Å². The Labute approximate surface area is 111 Å². The van der Waals surface area contributed by atoms with Crippen molar-refractivity contribution >= 4 is 0 Å². The topological polar surface area (TPSA) is 30.5 Å². The lowest BCUT2D eigenvalue weighted by Gasteiger charge is -2.33. The van der Waals surface area contributed by atoms with Crippen LogP contribution in [0.5, 0.6) is 11.5 Å². The highest BCUT2D eigenvalue weighted by Crippen LogP contribution is 2.33. The molecular weight excluding hydrogens is 252 g/mol. The maximum Gasteiger partial charge on any atom is 0.387 e. The quantitative estimate of drug-likeness (QED) is 0.862. The maximum atomic E-state index is 12.4. The van der Waals surface area contributed by atoms with Gasteiger partial charge in [0.15, 0.2) is 11.5 Å². The summed E-state index contributed by atoms with van der Waals surface area (Å²) in [6.07, 6.45) is 2.27. The number of alkyl halides is 2. The minimum absolute atomic E-state index is 0.125. The van der Waals surface area contributed by atoms with E-state index in [1.807, 2.05) is 0 Å². The normalized spacial score (nSPS) is 22.2. The molecule has 0 saturated heterocycles. The minimum Gasteiger partial charge on any atom is -0.493 e. The van der Waals surface area contributed by atoms with Gasteiger partial charge in [-0.05, 0) is 24.8 Å². The van der Waals surface area contributed by atoms with Crippen LogP contribution in [0.2, 0.25) is 0 Å². The molecule has 0 unspecified atom stereocenters. The van der Waals surface area contributed by atoms with Gasteiger partial charge >= 0.3 is 6.61 Å². The first kappa shape index (κ1) is 14.1. The minimum atomic E-state index is -2.85. The Morgan fingerprint density at radius 2 is 2.11 bits per heavy atom. The predicted molar refractivity (Wildman–Crippen MR) is 68.7 cm³/mol. The molecule has 0 aromatic heterocycles. The third-order valence-corrected chi connectivity index (χ3v) is 3.44. The van der Waals surface area contributed by atoms with Crippen molar-refractivity contribution in [1.82, 2.24) is 5.32 Å². The highest BCUT2D eigenvalue weighted by molar-refractivity contribution is 5.46. The van der Waals surface area contributed by atoms with Crippen molar-refractivity contribution in [3.63, 3.8) is 0 Å². The van der Waals surface area contributed by atoms with Gasteiger partial charge in [0.05, 0.1) is 7.11 Å². The Morgan fingerprint density at radius 1 is 1.37 bits per heavy atom. The number of ether oxygens (including phenoxy) is 2. The molecule has 1 aromatic rings. The van der Waals surface area contributed by atoms with Gasteiger partial charge in [-0.3, -0.25) is 0 Å². The van der Waals surface area contributed by atoms with E-state index in [0.29, 0.717) is 23.9 Å². The fourth-order valence-corrected chi connectivity index (χ4v) is 2.41. The summed E-state index contributed by atoms with van der Waals surface area (Å²) in [7, 11) is 1.44. The highest BCUT2D eigenvalue weighted by Gasteiger charge is 2.25. The molecule has 1 saturated carbocycles. The molecule has 1 aromatic carbocycles. The maximum absolute atomic E-state index is 12.4. The average Bonchev–Trinajstić information content (AvgIpc) is 2.34. The highest BCUT2D eigenvalue weighted by atomic mass is 19.3. The average molecular weight is 271 g/mol. The molecule has 0 heterocycles. The van der Waals surface area contributed by atoms with Crippen molar-refractivity contribution < 1.29 is 18.3 Å². The molecular formula is C14H19F2NO2. The van der Waals surface area contributed by atoms with Gasteiger partial charge in [0, 0.05) is 18.2 Å². The first-order chi connectivity index (χ1) is 9.10. The molecule has 0 atom stereocenters. The first-order valence-electron chi connectivity index (χ1n) is 6.44. The molecule has 1 aliphatic rings. The second-order valence-corrected chi connectivity index (χ2v) is 4.98. The van der Waals surface area contributed by atoms with E-state index in [9.17, 15) is 8.78 Å². The Bertz CT molecular complexity index is 420. The molecule has 2 rings (SSSR count).